The maximum absolute atomic E-state index is 13.2. The molecule has 4 aromatic rings. The maximum Gasteiger partial charge on any atom is 0.272 e. The second-order valence-electron chi connectivity index (χ2n) is 9.49. The summed E-state index contributed by atoms with van der Waals surface area (Å²) in [5.41, 5.74) is 3.30. The van der Waals surface area contributed by atoms with Crippen LogP contribution < -0.4 is 15.5 Å². The average Bonchev–Trinajstić information content (AvgIpc) is 3.57. The highest BCUT2D eigenvalue weighted by molar-refractivity contribution is 8.00. The van der Waals surface area contributed by atoms with E-state index in [9.17, 15) is 19.2 Å². The topological polar surface area (TPSA) is 109 Å². The molecule has 1 aromatic heterocycles. The summed E-state index contributed by atoms with van der Waals surface area (Å²) in [6.07, 6.45) is 3.03. The summed E-state index contributed by atoms with van der Waals surface area (Å²) in [7, 11) is 0. The van der Waals surface area contributed by atoms with Crippen LogP contribution in [0.25, 0.3) is 6.08 Å². The number of rotatable bonds is 8. The van der Waals surface area contributed by atoms with Crippen LogP contribution in [0.1, 0.15) is 33.7 Å². The summed E-state index contributed by atoms with van der Waals surface area (Å²) in [5.74, 6) is -1.03. The first-order valence-corrected chi connectivity index (χ1v) is 13.8. The van der Waals surface area contributed by atoms with Crippen LogP contribution in [-0.4, -0.2) is 28.9 Å². The van der Waals surface area contributed by atoms with Crippen LogP contribution in [0.5, 0.6) is 0 Å². The third-order valence-electron chi connectivity index (χ3n) is 6.52. The zero-order chi connectivity index (χ0) is 28.9. The van der Waals surface area contributed by atoms with Crippen molar-refractivity contribution in [2.45, 2.75) is 30.4 Å². The lowest BCUT2D eigenvalue weighted by atomic mass is 10.1. The zero-order valence-corrected chi connectivity index (χ0v) is 23.2. The molecular weight excluding hydrogens is 538 g/mol. The van der Waals surface area contributed by atoms with Gasteiger partial charge in [0.15, 0.2) is 0 Å². The standard InChI is InChI=1S/C32H27N3O5S/c1-20-8-6-9-21(2)29(20)35-28(36)19-27(32(35)39)41-25-15-13-23(14-16-25)33-31(38)26(18-24-12-7-17-40-24)34-30(37)22-10-4-3-5-11-22/h3-18,27H,19H2,1-2H3,(H,33,38)(H,34,37)/b26-18-. The van der Waals surface area contributed by atoms with Crippen LogP contribution in [0.4, 0.5) is 11.4 Å². The Morgan fingerprint density at radius 1 is 0.902 bits per heavy atom. The highest BCUT2D eigenvalue weighted by atomic mass is 32.2. The number of furan rings is 1. The molecule has 41 heavy (non-hydrogen) atoms. The molecule has 2 N–H and O–H groups in total. The van der Waals surface area contributed by atoms with E-state index in [4.69, 9.17) is 4.42 Å². The average molecular weight is 566 g/mol. The Hall–Kier alpha value is -4.89. The second-order valence-corrected chi connectivity index (χ2v) is 10.8. The van der Waals surface area contributed by atoms with Gasteiger partial charge >= 0.3 is 0 Å². The quantitative estimate of drug-likeness (QED) is 0.209. The summed E-state index contributed by atoms with van der Waals surface area (Å²) in [6, 6.07) is 24.6. The van der Waals surface area contributed by atoms with E-state index in [1.807, 2.05) is 32.0 Å². The van der Waals surface area contributed by atoms with E-state index in [0.717, 1.165) is 16.0 Å². The smallest absolute Gasteiger partial charge is 0.272 e. The number of aryl methyl sites for hydroxylation is 2. The third-order valence-corrected chi connectivity index (χ3v) is 7.71. The molecule has 206 valence electrons. The summed E-state index contributed by atoms with van der Waals surface area (Å²) in [6.45, 7) is 3.78. The first-order chi connectivity index (χ1) is 19.8. The second kappa shape index (κ2) is 12.1. The molecule has 1 aliphatic rings. The first kappa shape index (κ1) is 27.7. The number of thioether (sulfide) groups is 1. The molecule has 0 aliphatic carbocycles. The van der Waals surface area contributed by atoms with Crippen LogP contribution in [0.3, 0.4) is 0 Å². The van der Waals surface area contributed by atoms with Gasteiger partial charge in [0, 0.05) is 28.6 Å². The Bertz CT molecular complexity index is 1610. The lowest BCUT2D eigenvalue weighted by Gasteiger charge is -2.19. The molecule has 0 spiro atoms. The van der Waals surface area contributed by atoms with Gasteiger partial charge in [-0.3, -0.25) is 19.2 Å². The van der Waals surface area contributed by atoms with Crippen LogP contribution >= 0.6 is 11.8 Å². The third kappa shape index (κ3) is 6.31. The first-order valence-electron chi connectivity index (χ1n) is 12.9. The molecule has 9 heteroatoms. The number of imide groups is 1. The van der Waals surface area contributed by atoms with E-state index in [-0.39, 0.29) is 23.9 Å². The molecule has 0 bridgehead atoms. The van der Waals surface area contributed by atoms with Crippen molar-refractivity contribution in [3.63, 3.8) is 0 Å². The summed E-state index contributed by atoms with van der Waals surface area (Å²) < 4.78 is 5.33. The number of hydrogen-bond donors (Lipinski definition) is 2. The van der Waals surface area contributed by atoms with Crippen molar-refractivity contribution in [1.29, 1.82) is 0 Å². The monoisotopic (exact) mass is 565 g/mol. The number of amides is 4. The Morgan fingerprint density at radius 2 is 1.61 bits per heavy atom. The lowest BCUT2D eigenvalue weighted by molar-refractivity contribution is -0.121. The van der Waals surface area contributed by atoms with Gasteiger partial charge in [-0.05, 0) is 73.5 Å². The Balaban J connectivity index is 1.27. The van der Waals surface area contributed by atoms with Gasteiger partial charge in [-0.2, -0.15) is 0 Å². The SMILES string of the molecule is Cc1cccc(C)c1N1C(=O)CC(Sc2ccc(NC(=O)/C(=C/c3ccco3)NC(=O)c3ccccc3)cc2)C1=O. The highest BCUT2D eigenvalue weighted by Crippen LogP contribution is 2.36. The molecule has 2 heterocycles. The Kier molecular flexibility index (Phi) is 8.16. The largest absolute Gasteiger partial charge is 0.465 e. The maximum atomic E-state index is 13.2. The molecule has 1 aliphatic heterocycles. The Morgan fingerprint density at radius 3 is 2.27 bits per heavy atom. The normalized spacial score (nSPS) is 15.2. The van der Waals surface area contributed by atoms with Gasteiger partial charge in [-0.1, -0.05) is 36.4 Å². The van der Waals surface area contributed by atoms with Crippen LogP contribution in [0.2, 0.25) is 0 Å². The summed E-state index contributed by atoms with van der Waals surface area (Å²) in [5, 5.41) is 4.90. The van der Waals surface area contributed by atoms with Gasteiger partial charge < -0.3 is 15.1 Å². The molecule has 8 nitrogen and oxygen atoms in total. The molecule has 3 aromatic carbocycles. The fourth-order valence-electron chi connectivity index (χ4n) is 4.53. The van der Waals surface area contributed by atoms with Crippen molar-refractivity contribution in [2.75, 3.05) is 10.2 Å². The molecule has 1 unspecified atom stereocenters. The van der Waals surface area contributed by atoms with E-state index in [2.05, 4.69) is 10.6 Å². The summed E-state index contributed by atoms with van der Waals surface area (Å²) >= 11 is 1.31. The van der Waals surface area contributed by atoms with E-state index in [1.165, 1.54) is 29.0 Å². The van der Waals surface area contributed by atoms with Gasteiger partial charge in [0.25, 0.3) is 11.8 Å². The minimum absolute atomic E-state index is 0.00825. The van der Waals surface area contributed by atoms with Crippen molar-refractivity contribution in [1.82, 2.24) is 5.32 Å². The molecule has 1 fully saturated rings. The number of carbonyl (C=O) groups is 4. The molecule has 1 atom stereocenters. The number of para-hydroxylation sites is 1. The molecule has 4 amide bonds. The molecule has 0 saturated carbocycles. The van der Waals surface area contributed by atoms with Crippen molar-refractivity contribution >= 4 is 52.8 Å². The lowest BCUT2D eigenvalue weighted by Crippen LogP contribution is -2.32. The van der Waals surface area contributed by atoms with Gasteiger partial charge in [0.2, 0.25) is 11.8 Å². The molecule has 5 rings (SSSR count). The number of nitrogens with one attached hydrogen (secondary N) is 2. The van der Waals surface area contributed by atoms with Crippen LogP contribution in [0.15, 0.2) is 106 Å². The highest BCUT2D eigenvalue weighted by Gasteiger charge is 2.41. The molecule has 0 radical (unpaired) electrons. The number of benzene rings is 3. The van der Waals surface area contributed by atoms with Crippen LogP contribution in [-0.2, 0) is 14.4 Å². The van der Waals surface area contributed by atoms with E-state index >= 15 is 0 Å². The number of carbonyl (C=O) groups excluding carboxylic acids is 4. The van der Waals surface area contributed by atoms with E-state index < -0.39 is 17.1 Å². The van der Waals surface area contributed by atoms with Gasteiger partial charge in [0.05, 0.1) is 17.2 Å². The van der Waals surface area contributed by atoms with Crippen molar-refractivity contribution in [3.05, 3.63) is 119 Å². The number of hydrogen-bond acceptors (Lipinski definition) is 6. The number of anilines is 2. The van der Waals surface area contributed by atoms with Crippen molar-refractivity contribution < 1.29 is 23.6 Å². The number of nitrogens with zero attached hydrogens (tertiary/aromatic N) is 1. The summed E-state index contributed by atoms with van der Waals surface area (Å²) in [4.78, 5) is 54.0. The van der Waals surface area contributed by atoms with Crippen molar-refractivity contribution in [3.8, 4) is 0 Å². The van der Waals surface area contributed by atoms with Crippen LogP contribution in [0, 0.1) is 13.8 Å². The predicted molar refractivity (Wildman–Crippen MR) is 158 cm³/mol. The van der Waals surface area contributed by atoms with E-state index in [1.54, 1.807) is 66.7 Å². The predicted octanol–water partition coefficient (Wildman–Crippen LogP) is 5.73. The fourth-order valence-corrected chi connectivity index (χ4v) is 5.58. The molecule has 1 saturated heterocycles. The zero-order valence-electron chi connectivity index (χ0n) is 22.4. The van der Waals surface area contributed by atoms with Gasteiger partial charge in [-0.25, -0.2) is 4.90 Å². The molecular formula is C32H27N3O5S. The van der Waals surface area contributed by atoms with Crippen molar-refractivity contribution in [2.24, 2.45) is 0 Å². The van der Waals surface area contributed by atoms with E-state index in [0.29, 0.717) is 22.7 Å². The fraction of sp³-hybridized carbons (Fsp3) is 0.125. The van der Waals surface area contributed by atoms with Gasteiger partial charge in [-0.15, -0.1) is 11.8 Å². The van der Waals surface area contributed by atoms with Gasteiger partial charge in [0.1, 0.15) is 11.5 Å². The minimum atomic E-state index is -0.544. The minimum Gasteiger partial charge on any atom is -0.465 e. The Labute approximate surface area is 241 Å².